The molecule has 0 aliphatic carbocycles. The normalized spacial score (nSPS) is 17.4. The van der Waals surface area contributed by atoms with Crippen LogP contribution in [0.5, 0.6) is 0 Å². The molecule has 0 atom stereocenters. The van der Waals surface area contributed by atoms with Crippen molar-refractivity contribution in [2.45, 2.75) is 32.1 Å². The Morgan fingerprint density at radius 2 is 2.15 bits per heavy atom. The fourth-order valence-electron chi connectivity index (χ4n) is 2.97. The predicted molar refractivity (Wildman–Crippen MR) is 85.4 cm³/mol. The van der Waals surface area contributed by atoms with Gasteiger partial charge in [0, 0.05) is 43.7 Å². The van der Waals surface area contributed by atoms with E-state index in [2.05, 4.69) is 47.4 Å². The predicted octanol–water partition coefficient (Wildman–Crippen LogP) is 3.61. The molecule has 1 aliphatic rings. The molecule has 0 radical (unpaired) electrons. The standard InChI is InChI=1S/C17H23N3/c1-20-12-6-10-17(20)18-11-5-4-7-14-13-19-16-9-3-2-8-15(14)16/h2-3,8-9,13,19H,4-7,10-12H2,1H3. The van der Waals surface area contributed by atoms with Crippen LogP contribution in [-0.2, 0) is 6.42 Å². The maximum absolute atomic E-state index is 4.72. The Morgan fingerprint density at radius 1 is 1.25 bits per heavy atom. The number of hydrogen-bond donors (Lipinski definition) is 1. The van der Waals surface area contributed by atoms with Gasteiger partial charge in [0.1, 0.15) is 0 Å². The number of likely N-dealkylation sites (tertiary alicyclic amines) is 1. The maximum Gasteiger partial charge on any atom is 0.0986 e. The summed E-state index contributed by atoms with van der Waals surface area (Å²) < 4.78 is 0. The lowest BCUT2D eigenvalue weighted by Gasteiger charge is -2.10. The van der Waals surface area contributed by atoms with Crippen LogP contribution in [0.3, 0.4) is 0 Å². The molecule has 0 spiro atoms. The number of aryl methyl sites for hydroxylation is 1. The van der Waals surface area contributed by atoms with E-state index in [0.717, 1.165) is 13.0 Å². The number of aromatic amines is 1. The van der Waals surface area contributed by atoms with Gasteiger partial charge in [-0.25, -0.2) is 0 Å². The highest BCUT2D eigenvalue weighted by molar-refractivity contribution is 5.84. The molecule has 0 saturated carbocycles. The summed E-state index contributed by atoms with van der Waals surface area (Å²) in [6, 6.07) is 8.54. The van der Waals surface area contributed by atoms with E-state index in [9.17, 15) is 0 Å². The molecule has 0 amide bonds. The van der Waals surface area contributed by atoms with Crippen molar-refractivity contribution < 1.29 is 0 Å². The van der Waals surface area contributed by atoms with E-state index < -0.39 is 0 Å². The third-order valence-electron chi connectivity index (χ3n) is 4.16. The van der Waals surface area contributed by atoms with Crippen LogP contribution in [0.15, 0.2) is 35.5 Å². The summed E-state index contributed by atoms with van der Waals surface area (Å²) in [5.74, 6) is 1.30. The number of unbranched alkanes of at least 4 members (excludes halogenated alkanes) is 1. The van der Waals surface area contributed by atoms with E-state index in [1.54, 1.807) is 0 Å². The van der Waals surface area contributed by atoms with Gasteiger partial charge in [0.2, 0.25) is 0 Å². The van der Waals surface area contributed by atoms with Crippen LogP contribution in [0.25, 0.3) is 10.9 Å². The number of rotatable bonds is 5. The molecule has 3 heteroatoms. The first-order valence-electron chi connectivity index (χ1n) is 7.64. The van der Waals surface area contributed by atoms with Crippen LogP contribution >= 0.6 is 0 Å². The van der Waals surface area contributed by atoms with Gasteiger partial charge in [-0.2, -0.15) is 0 Å². The monoisotopic (exact) mass is 269 g/mol. The lowest BCUT2D eigenvalue weighted by molar-refractivity contribution is 0.546. The number of hydrogen-bond acceptors (Lipinski definition) is 1. The van der Waals surface area contributed by atoms with E-state index >= 15 is 0 Å². The van der Waals surface area contributed by atoms with Gasteiger partial charge in [-0.05, 0) is 37.3 Å². The van der Waals surface area contributed by atoms with Gasteiger partial charge in [0.25, 0.3) is 0 Å². The van der Waals surface area contributed by atoms with Gasteiger partial charge in [0.15, 0.2) is 0 Å². The van der Waals surface area contributed by atoms with Crippen molar-refractivity contribution in [3.63, 3.8) is 0 Å². The molecule has 3 rings (SSSR count). The molecule has 3 nitrogen and oxygen atoms in total. The fourth-order valence-corrected chi connectivity index (χ4v) is 2.97. The van der Waals surface area contributed by atoms with Crippen LogP contribution in [0, 0.1) is 0 Å². The Bertz CT molecular complexity index is 597. The molecule has 1 N–H and O–H groups in total. The number of aromatic nitrogens is 1. The number of fused-ring (bicyclic) bond motifs is 1. The Balaban J connectivity index is 1.48. The van der Waals surface area contributed by atoms with Crippen molar-refractivity contribution in [1.82, 2.24) is 9.88 Å². The third-order valence-corrected chi connectivity index (χ3v) is 4.16. The summed E-state index contributed by atoms with van der Waals surface area (Å²) in [5.41, 5.74) is 2.68. The topological polar surface area (TPSA) is 31.4 Å². The number of amidine groups is 1. The Hall–Kier alpha value is -1.77. The van der Waals surface area contributed by atoms with Crippen LogP contribution < -0.4 is 0 Å². The summed E-state index contributed by atoms with van der Waals surface area (Å²) in [7, 11) is 2.15. The number of benzene rings is 1. The lowest BCUT2D eigenvalue weighted by atomic mass is 10.1. The molecule has 20 heavy (non-hydrogen) atoms. The van der Waals surface area contributed by atoms with Crippen molar-refractivity contribution in [2.24, 2.45) is 4.99 Å². The Kier molecular flexibility index (Phi) is 4.05. The fraction of sp³-hybridized carbons (Fsp3) is 0.471. The minimum Gasteiger partial charge on any atom is -0.363 e. The molecular weight excluding hydrogens is 246 g/mol. The average molecular weight is 269 g/mol. The molecule has 2 aromatic rings. The summed E-state index contributed by atoms with van der Waals surface area (Å²) >= 11 is 0. The molecule has 0 unspecified atom stereocenters. The molecule has 2 heterocycles. The Morgan fingerprint density at radius 3 is 3.00 bits per heavy atom. The third kappa shape index (κ3) is 2.87. The minimum atomic E-state index is 0.974. The van der Waals surface area contributed by atoms with Crippen LogP contribution in [0.4, 0.5) is 0 Å². The maximum atomic E-state index is 4.72. The SMILES string of the molecule is CN1CCCC1=NCCCCc1c[nH]c2ccccc12. The summed E-state index contributed by atoms with van der Waals surface area (Å²) in [6.07, 6.45) is 8.12. The Labute approximate surface area is 120 Å². The molecule has 1 aliphatic heterocycles. The van der Waals surface area contributed by atoms with Crippen molar-refractivity contribution in [3.05, 3.63) is 36.0 Å². The highest BCUT2D eigenvalue weighted by atomic mass is 15.2. The first-order valence-corrected chi connectivity index (χ1v) is 7.64. The molecule has 1 aromatic carbocycles. The molecule has 0 bridgehead atoms. The number of H-pyrrole nitrogens is 1. The van der Waals surface area contributed by atoms with E-state index in [0.29, 0.717) is 0 Å². The van der Waals surface area contributed by atoms with Crippen molar-refractivity contribution in [2.75, 3.05) is 20.1 Å². The number of nitrogens with one attached hydrogen (secondary N) is 1. The molecule has 1 saturated heterocycles. The van der Waals surface area contributed by atoms with Crippen LogP contribution in [0.2, 0.25) is 0 Å². The summed E-state index contributed by atoms with van der Waals surface area (Å²) in [4.78, 5) is 10.4. The van der Waals surface area contributed by atoms with E-state index in [1.165, 1.54) is 54.5 Å². The zero-order chi connectivity index (χ0) is 13.8. The zero-order valence-corrected chi connectivity index (χ0v) is 12.2. The van der Waals surface area contributed by atoms with Gasteiger partial charge in [0.05, 0.1) is 5.84 Å². The van der Waals surface area contributed by atoms with Gasteiger partial charge < -0.3 is 9.88 Å². The second kappa shape index (κ2) is 6.12. The van der Waals surface area contributed by atoms with Crippen LogP contribution in [-0.4, -0.2) is 35.9 Å². The zero-order valence-electron chi connectivity index (χ0n) is 12.2. The summed E-state index contributed by atoms with van der Waals surface area (Å²) in [5, 5.41) is 1.37. The molecular formula is C17H23N3. The molecule has 1 aromatic heterocycles. The van der Waals surface area contributed by atoms with E-state index in [4.69, 9.17) is 4.99 Å². The average Bonchev–Trinajstić information content (AvgIpc) is 3.06. The quantitative estimate of drug-likeness (QED) is 0.826. The first-order chi connectivity index (χ1) is 9.84. The van der Waals surface area contributed by atoms with Crippen molar-refractivity contribution >= 4 is 16.7 Å². The smallest absolute Gasteiger partial charge is 0.0986 e. The number of nitrogens with zero attached hydrogens (tertiary/aromatic N) is 2. The van der Waals surface area contributed by atoms with Crippen molar-refractivity contribution in [3.8, 4) is 0 Å². The van der Waals surface area contributed by atoms with E-state index in [1.807, 2.05) is 0 Å². The second-order valence-electron chi connectivity index (χ2n) is 5.64. The van der Waals surface area contributed by atoms with Crippen molar-refractivity contribution in [1.29, 1.82) is 0 Å². The highest BCUT2D eigenvalue weighted by Gasteiger charge is 2.12. The minimum absolute atomic E-state index is 0.974. The molecule has 1 fully saturated rings. The van der Waals surface area contributed by atoms with Gasteiger partial charge in [-0.15, -0.1) is 0 Å². The van der Waals surface area contributed by atoms with Crippen LogP contribution in [0.1, 0.15) is 31.2 Å². The second-order valence-corrected chi connectivity index (χ2v) is 5.64. The largest absolute Gasteiger partial charge is 0.363 e. The van der Waals surface area contributed by atoms with Gasteiger partial charge in [-0.3, -0.25) is 4.99 Å². The highest BCUT2D eigenvalue weighted by Crippen LogP contribution is 2.19. The molecule has 106 valence electrons. The lowest BCUT2D eigenvalue weighted by Crippen LogP contribution is -2.19. The number of aliphatic imine (C=N–C) groups is 1. The number of para-hydroxylation sites is 1. The first kappa shape index (κ1) is 13.2. The van der Waals surface area contributed by atoms with Gasteiger partial charge in [-0.1, -0.05) is 18.2 Å². The van der Waals surface area contributed by atoms with E-state index in [-0.39, 0.29) is 0 Å². The summed E-state index contributed by atoms with van der Waals surface area (Å²) in [6.45, 7) is 2.15. The van der Waals surface area contributed by atoms with Gasteiger partial charge >= 0.3 is 0 Å².